The minimum atomic E-state index is -0.723. The number of aryl methyl sites for hydroxylation is 2. The van der Waals surface area contributed by atoms with Crippen LogP contribution in [0.3, 0.4) is 0 Å². The first-order valence-corrected chi connectivity index (χ1v) is 14.2. The zero-order chi connectivity index (χ0) is 28.5. The minimum Gasteiger partial charge on any atom is -0.373 e. The number of nitrogens with one attached hydrogen (secondary N) is 1. The molecule has 6 rings (SSSR count). The van der Waals surface area contributed by atoms with Crippen LogP contribution in [0.4, 0.5) is 17.2 Å². The third kappa shape index (κ3) is 5.58. The third-order valence-corrected chi connectivity index (χ3v) is 7.96. The SMILES string of the molecule is Cc1cc(C)nc(N2CCN(c3ccc(NC(=O)C(=O)c4c(-c5ccccc5)cc5n4CCOC5)c(Cl)c3)CC2)c1. The number of carbonyl (C=O) groups is 2. The molecule has 0 unspecified atom stereocenters. The number of Topliss-reactive ketones (excluding diaryl/α,β-unsaturated/α-hetero) is 1. The van der Waals surface area contributed by atoms with Crippen LogP contribution in [0, 0.1) is 13.8 Å². The Morgan fingerprint density at radius 3 is 2.39 bits per heavy atom. The second-order valence-electron chi connectivity index (χ2n) is 10.5. The summed E-state index contributed by atoms with van der Waals surface area (Å²) in [5.41, 5.74) is 6.45. The van der Waals surface area contributed by atoms with E-state index in [1.54, 1.807) is 6.07 Å². The van der Waals surface area contributed by atoms with Crippen LogP contribution < -0.4 is 15.1 Å². The predicted octanol–water partition coefficient (Wildman–Crippen LogP) is 5.50. The van der Waals surface area contributed by atoms with Crippen LogP contribution in [0.25, 0.3) is 11.1 Å². The van der Waals surface area contributed by atoms with Gasteiger partial charge in [0.15, 0.2) is 0 Å². The molecular formula is C32H32ClN5O3. The molecule has 0 aliphatic carbocycles. The molecule has 4 aromatic rings. The van der Waals surface area contributed by atoms with Gasteiger partial charge in [0.1, 0.15) is 11.5 Å². The van der Waals surface area contributed by atoms with Gasteiger partial charge in [0.05, 0.1) is 23.9 Å². The van der Waals surface area contributed by atoms with Crippen molar-refractivity contribution in [1.29, 1.82) is 0 Å². The van der Waals surface area contributed by atoms with Crippen LogP contribution in [0.5, 0.6) is 0 Å². The van der Waals surface area contributed by atoms with Gasteiger partial charge in [-0.2, -0.15) is 0 Å². The topological polar surface area (TPSA) is 79.7 Å². The quantitative estimate of drug-likeness (QED) is 0.244. The summed E-state index contributed by atoms with van der Waals surface area (Å²) in [6, 6.07) is 21.3. The van der Waals surface area contributed by atoms with Gasteiger partial charge in [0.2, 0.25) is 0 Å². The smallest absolute Gasteiger partial charge is 0.298 e. The molecule has 1 amide bonds. The number of ether oxygens (including phenoxy) is 1. The number of nitrogens with zero attached hydrogens (tertiary/aromatic N) is 4. The van der Waals surface area contributed by atoms with Crippen molar-refractivity contribution in [2.45, 2.75) is 27.0 Å². The van der Waals surface area contributed by atoms with Crippen molar-refractivity contribution in [1.82, 2.24) is 9.55 Å². The van der Waals surface area contributed by atoms with E-state index >= 15 is 0 Å². The van der Waals surface area contributed by atoms with Crippen molar-refractivity contribution >= 4 is 40.5 Å². The normalized spacial score (nSPS) is 15.0. The van der Waals surface area contributed by atoms with Gasteiger partial charge in [-0.15, -0.1) is 0 Å². The van der Waals surface area contributed by atoms with E-state index in [2.05, 4.69) is 34.2 Å². The van der Waals surface area contributed by atoms with Crippen molar-refractivity contribution in [3.63, 3.8) is 0 Å². The molecule has 1 saturated heterocycles. The first kappa shape index (κ1) is 27.1. The highest BCUT2D eigenvalue weighted by Crippen LogP contribution is 2.32. The van der Waals surface area contributed by atoms with Crippen LogP contribution in [-0.2, 0) is 22.7 Å². The van der Waals surface area contributed by atoms with Gasteiger partial charge in [-0.3, -0.25) is 9.59 Å². The highest BCUT2D eigenvalue weighted by atomic mass is 35.5. The van der Waals surface area contributed by atoms with Crippen LogP contribution >= 0.6 is 11.6 Å². The fraction of sp³-hybridized carbons (Fsp3) is 0.281. The Morgan fingerprint density at radius 2 is 1.66 bits per heavy atom. The lowest BCUT2D eigenvalue weighted by atomic mass is 10.0. The number of piperazine rings is 1. The average molecular weight is 570 g/mol. The van der Waals surface area contributed by atoms with Gasteiger partial charge in [-0.05, 0) is 61.4 Å². The fourth-order valence-corrected chi connectivity index (χ4v) is 5.88. The molecular weight excluding hydrogens is 538 g/mol. The second kappa shape index (κ2) is 11.4. The molecule has 0 bridgehead atoms. The van der Waals surface area contributed by atoms with E-state index in [1.807, 2.05) is 60.0 Å². The van der Waals surface area contributed by atoms with Crippen LogP contribution in [-0.4, -0.2) is 54.0 Å². The molecule has 1 N–H and O–H groups in total. The number of aromatic nitrogens is 2. The van der Waals surface area contributed by atoms with Crippen LogP contribution in [0.1, 0.15) is 27.4 Å². The summed E-state index contributed by atoms with van der Waals surface area (Å²) in [6.07, 6.45) is 0. The number of carbonyl (C=O) groups excluding carboxylic acids is 2. The summed E-state index contributed by atoms with van der Waals surface area (Å²) >= 11 is 6.63. The number of hydrogen-bond acceptors (Lipinski definition) is 6. The van der Waals surface area contributed by atoms with Crippen molar-refractivity contribution in [2.75, 3.05) is 47.9 Å². The van der Waals surface area contributed by atoms with E-state index in [1.165, 1.54) is 5.56 Å². The number of ketones is 1. The lowest BCUT2D eigenvalue weighted by Gasteiger charge is -2.37. The zero-order valence-corrected chi connectivity index (χ0v) is 23.9. The number of amides is 1. The molecule has 0 saturated carbocycles. The van der Waals surface area contributed by atoms with Gasteiger partial charge >= 0.3 is 0 Å². The summed E-state index contributed by atoms with van der Waals surface area (Å²) in [5.74, 6) is -0.317. The van der Waals surface area contributed by atoms with E-state index in [0.717, 1.165) is 60.2 Å². The number of benzene rings is 2. The maximum absolute atomic E-state index is 13.6. The van der Waals surface area contributed by atoms with Crippen LogP contribution in [0.2, 0.25) is 5.02 Å². The molecule has 8 nitrogen and oxygen atoms in total. The van der Waals surface area contributed by atoms with Crippen molar-refractivity contribution in [3.05, 3.63) is 94.4 Å². The summed E-state index contributed by atoms with van der Waals surface area (Å²) in [5, 5.41) is 3.14. The monoisotopic (exact) mass is 569 g/mol. The van der Waals surface area contributed by atoms with Gasteiger partial charge in [-0.1, -0.05) is 41.9 Å². The summed E-state index contributed by atoms with van der Waals surface area (Å²) < 4.78 is 7.49. The highest BCUT2D eigenvalue weighted by molar-refractivity contribution is 6.48. The Morgan fingerprint density at radius 1 is 0.902 bits per heavy atom. The summed E-state index contributed by atoms with van der Waals surface area (Å²) in [6.45, 7) is 8.84. The molecule has 1 fully saturated rings. The first-order chi connectivity index (χ1) is 19.9. The molecule has 2 aliphatic rings. The molecule has 9 heteroatoms. The second-order valence-corrected chi connectivity index (χ2v) is 10.9. The Hall–Kier alpha value is -4.14. The minimum absolute atomic E-state index is 0.371. The molecule has 41 heavy (non-hydrogen) atoms. The van der Waals surface area contributed by atoms with Gasteiger partial charge < -0.3 is 24.4 Å². The van der Waals surface area contributed by atoms with E-state index in [-0.39, 0.29) is 0 Å². The number of fused-ring (bicyclic) bond motifs is 1. The van der Waals surface area contributed by atoms with Gasteiger partial charge in [0.25, 0.3) is 11.7 Å². The Bertz CT molecular complexity index is 1590. The van der Waals surface area contributed by atoms with E-state index in [4.69, 9.17) is 21.3 Å². The maximum Gasteiger partial charge on any atom is 0.298 e. The maximum atomic E-state index is 13.6. The van der Waals surface area contributed by atoms with Crippen LogP contribution in [0.15, 0.2) is 66.7 Å². The molecule has 4 heterocycles. The third-order valence-electron chi connectivity index (χ3n) is 7.65. The number of anilines is 3. The van der Waals surface area contributed by atoms with Gasteiger partial charge in [0, 0.05) is 55.4 Å². The highest BCUT2D eigenvalue weighted by Gasteiger charge is 2.29. The molecule has 2 aromatic heterocycles. The van der Waals surface area contributed by atoms with E-state index in [9.17, 15) is 9.59 Å². The van der Waals surface area contributed by atoms with E-state index < -0.39 is 11.7 Å². The van der Waals surface area contributed by atoms with Crippen molar-refractivity contribution < 1.29 is 14.3 Å². The molecule has 0 spiro atoms. The number of halogens is 1. The standard InChI is InChI=1S/C32H32ClN5O3/c1-21-16-22(2)34-29(17-21)37-12-10-36(11-13-37)24-8-9-28(27(33)19-24)35-32(40)31(39)30-26(23-6-4-3-5-7-23)18-25-20-41-15-14-38(25)30/h3-9,16-19H,10-15,20H2,1-2H3,(H,35,40). The number of hydrogen-bond donors (Lipinski definition) is 1. The fourth-order valence-electron chi connectivity index (χ4n) is 5.66. The lowest BCUT2D eigenvalue weighted by molar-refractivity contribution is -0.112. The Balaban J connectivity index is 1.16. The molecule has 2 aromatic carbocycles. The zero-order valence-electron chi connectivity index (χ0n) is 23.2. The lowest BCUT2D eigenvalue weighted by Crippen LogP contribution is -2.46. The number of pyridine rings is 1. The molecule has 0 radical (unpaired) electrons. The summed E-state index contributed by atoms with van der Waals surface area (Å²) in [7, 11) is 0. The van der Waals surface area contributed by atoms with Gasteiger partial charge in [-0.25, -0.2) is 4.98 Å². The van der Waals surface area contributed by atoms with E-state index in [0.29, 0.717) is 36.2 Å². The predicted molar refractivity (Wildman–Crippen MR) is 162 cm³/mol. The number of rotatable bonds is 6. The van der Waals surface area contributed by atoms with Crippen molar-refractivity contribution in [2.24, 2.45) is 0 Å². The molecule has 2 aliphatic heterocycles. The first-order valence-electron chi connectivity index (χ1n) is 13.8. The molecule has 210 valence electrons. The summed E-state index contributed by atoms with van der Waals surface area (Å²) in [4.78, 5) is 36.1. The molecule has 0 atom stereocenters. The van der Waals surface area contributed by atoms with Crippen molar-refractivity contribution in [3.8, 4) is 11.1 Å². The largest absolute Gasteiger partial charge is 0.373 e. The Kier molecular flexibility index (Phi) is 7.51. The Labute approximate surface area is 244 Å². The average Bonchev–Trinajstić information content (AvgIpc) is 3.37.